The van der Waals surface area contributed by atoms with Gasteiger partial charge in [-0.2, -0.15) is 0 Å². The Balaban J connectivity index is -0.0000000625. The third-order valence-electron chi connectivity index (χ3n) is 0.778. The van der Waals surface area contributed by atoms with Gasteiger partial charge in [-0.25, -0.2) is 0 Å². The number of rotatable bonds is 0. The van der Waals surface area contributed by atoms with Crippen LogP contribution in [0.15, 0.2) is 36.5 Å². The van der Waals surface area contributed by atoms with Crippen LogP contribution >= 0.6 is 0 Å². The predicted octanol–water partition coefficient (Wildman–Crippen LogP) is 1.76. The summed E-state index contributed by atoms with van der Waals surface area (Å²) in [4.78, 5) is 0. The Morgan fingerprint density at radius 3 is 1.00 bits per heavy atom. The fourth-order valence-corrected chi connectivity index (χ4v) is 0.449. The molecule has 0 bridgehead atoms. The molecule has 0 atom stereocenters. The van der Waals surface area contributed by atoms with Gasteiger partial charge in [0.25, 0.3) is 0 Å². The van der Waals surface area contributed by atoms with E-state index in [1.54, 1.807) is 0 Å². The second-order valence-electron chi connectivity index (χ2n) is 1.35. The molecule has 14 heavy (non-hydrogen) atoms. The van der Waals surface area contributed by atoms with E-state index in [2.05, 4.69) is 20.0 Å². The normalized spacial score (nSPS) is 9.00. The van der Waals surface area contributed by atoms with Gasteiger partial charge in [-0.15, -0.1) is 0 Å². The fourth-order valence-electron chi connectivity index (χ4n) is 0.449. The molecule has 1 aliphatic carbocycles. The molecule has 0 aromatic rings. The topological polar surface area (TPSA) is 59.7 Å². The molecule has 0 N–H and O–H groups in total. The van der Waals surface area contributed by atoms with Crippen molar-refractivity contribution >= 4 is 0 Å². The van der Waals surface area contributed by atoms with Crippen LogP contribution in [0.1, 0.15) is 0 Å². The van der Waals surface area contributed by atoms with Crippen LogP contribution < -0.4 is 0 Å². The summed E-state index contributed by atoms with van der Waals surface area (Å²) in [6.07, 6.45) is 14.0. The van der Waals surface area contributed by atoms with Crippen LogP contribution in [0.25, 0.3) is 0 Å². The average molecular weight is 227 g/mol. The van der Waals surface area contributed by atoms with Crippen LogP contribution in [0.5, 0.6) is 0 Å². The Hall–Kier alpha value is -1.03. The second-order valence-corrected chi connectivity index (χ2v) is 1.35. The van der Waals surface area contributed by atoms with Gasteiger partial charge in [-0.1, -0.05) is 36.5 Å². The molecule has 4 heteroatoms. The summed E-state index contributed by atoms with van der Waals surface area (Å²) in [5, 5.41) is 0. The number of allylic oxidation sites excluding steroid dienone is 6. The molecule has 3 nitrogen and oxygen atoms in total. The average Bonchev–Trinajstić information content (AvgIpc) is 2.58. The van der Waals surface area contributed by atoms with E-state index in [0.29, 0.717) is 0 Å². The van der Waals surface area contributed by atoms with E-state index in [1.165, 1.54) is 0 Å². The number of hydrogen-bond acceptors (Lipinski definition) is 0. The third kappa shape index (κ3) is 30.6. The molecule has 0 aromatic heterocycles. The summed E-state index contributed by atoms with van der Waals surface area (Å²) in [6.45, 7) is 13.5. The zero-order valence-electron chi connectivity index (χ0n) is 7.17. The predicted molar refractivity (Wildman–Crippen MR) is 43.5 cm³/mol. The maximum absolute atomic E-state index is 7.50. The summed E-state index contributed by atoms with van der Waals surface area (Å²) in [5.41, 5.74) is 0. The first-order valence-electron chi connectivity index (χ1n) is 2.95. The first-order valence-corrected chi connectivity index (χ1v) is 2.95. The molecule has 1 rings (SSSR count). The Kier molecular flexibility index (Phi) is 66.7. The van der Waals surface area contributed by atoms with Crippen LogP contribution in [0.2, 0.25) is 0 Å². The van der Waals surface area contributed by atoms with Gasteiger partial charge in [0, 0.05) is 23.8 Å². The van der Waals surface area contributed by atoms with Crippen molar-refractivity contribution in [3.63, 3.8) is 0 Å². The van der Waals surface area contributed by atoms with Crippen molar-refractivity contribution in [2.45, 2.75) is 0 Å². The van der Waals surface area contributed by atoms with Crippen molar-refractivity contribution in [1.82, 2.24) is 0 Å². The van der Waals surface area contributed by atoms with Crippen LogP contribution in [-0.4, -0.2) is 0 Å². The van der Waals surface area contributed by atoms with Gasteiger partial charge < -0.3 is 0 Å². The summed E-state index contributed by atoms with van der Waals surface area (Å²) >= 11 is 0. The molecule has 0 saturated carbocycles. The largest absolute Gasteiger partial charge is 0.0767 e. The molecule has 1 aliphatic rings. The SMILES string of the molecule is [C-]#[O+].[C-]#[O+].[C-]#[O+].[CH]1C=CC=CC=C1.[Cr]. The van der Waals surface area contributed by atoms with Crippen molar-refractivity contribution in [2.24, 2.45) is 0 Å². The van der Waals surface area contributed by atoms with Crippen LogP contribution in [0.4, 0.5) is 0 Å². The maximum atomic E-state index is 7.50. The molecule has 0 saturated heterocycles. The smallest absolute Gasteiger partial charge is 0.00506 e. The Bertz CT molecular complexity index is 193. The van der Waals surface area contributed by atoms with Gasteiger partial charge in [0.1, 0.15) is 0 Å². The quantitative estimate of drug-likeness (QED) is 0.447. The van der Waals surface area contributed by atoms with E-state index in [1.807, 2.05) is 42.9 Å². The van der Waals surface area contributed by atoms with Crippen molar-refractivity contribution in [3.8, 4) is 0 Å². The molecule has 0 heterocycles. The Morgan fingerprint density at radius 1 is 0.500 bits per heavy atom. The Morgan fingerprint density at radius 2 is 0.714 bits per heavy atom. The monoisotopic (exact) mass is 227 g/mol. The van der Waals surface area contributed by atoms with Gasteiger partial charge >= 0.3 is 33.9 Å². The molecule has 0 spiro atoms. The molecule has 0 aliphatic heterocycles. The van der Waals surface area contributed by atoms with Crippen LogP contribution in [-0.2, 0) is 31.3 Å². The molecule has 1 radical (unpaired) electrons. The van der Waals surface area contributed by atoms with E-state index in [9.17, 15) is 0 Å². The molecule has 0 fully saturated rings. The number of hydrogen-bond donors (Lipinski definition) is 0. The van der Waals surface area contributed by atoms with E-state index in [0.717, 1.165) is 0 Å². The van der Waals surface area contributed by atoms with Gasteiger partial charge in [0.2, 0.25) is 0 Å². The first kappa shape index (κ1) is 23.1. The van der Waals surface area contributed by atoms with Gasteiger partial charge in [-0.3, -0.25) is 0 Å². The van der Waals surface area contributed by atoms with Crippen LogP contribution in [0, 0.1) is 26.4 Å². The molecular formula is C10H7CrO3. The maximum Gasteiger partial charge on any atom is 0.00506 e. The molecule has 0 unspecified atom stereocenters. The summed E-state index contributed by atoms with van der Waals surface area (Å²) in [6, 6.07) is 0. The zero-order chi connectivity index (χ0) is 10.9. The minimum Gasteiger partial charge on any atom is -0.0767 e. The summed E-state index contributed by atoms with van der Waals surface area (Å²) in [7, 11) is 0. The molecule has 0 aromatic carbocycles. The standard InChI is InChI=1S/C7H7.3CO.Cr/c1-2-4-6-7-5-3-1;3*1-2;/h1-7H;;;;. The zero-order valence-corrected chi connectivity index (χ0v) is 8.45. The minimum absolute atomic E-state index is 0. The van der Waals surface area contributed by atoms with Crippen molar-refractivity contribution in [3.05, 3.63) is 62.8 Å². The van der Waals surface area contributed by atoms with E-state index in [4.69, 9.17) is 14.0 Å². The Labute approximate surface area is 94.5 Å². The van der Waals surface area contributed by atoms with E-state index in [-0.39, 0.29) is 17.4 Å². The first-order chi connectivity index (χ1) is 6.50. The van der Waals surface area contributed by atoms with Gasteiger partial charge in [0.05, 0.1) is 0 Å². The molecule has 0 amide bonds. The van der Waals surface area contributed by atoms with Crippen molar-refractivity contribution in [2.75, 3.05) is 0 Å². The van der Waals surface area contributed by atoms with Crippen molar-refractivity contribution in [1.29, 1.82) is 0 Å². The fraction of sp³-hybridized carbons (Fsp3) is 0. The minimum atomic E-state index is 0. The third-order valence-corrected chi connectivity index (χ3v) is 0.778. The summed E-state index contributed by atoms with van der Waals surface area (Å²) in [5.74, 6) is 0. The molecule has 71 valence electrons. The van der Waals surface area contributed by atoms with Gasteiger partial charge in [-0.05, 0) is 0 Å². The summed E-state index contributed by atoms with van der Waals surface area (Å²) < 4.78 is 22.5. The van der Waals surface area contributed by atoms with Crippen molar-refractivity contribution < 1.29 is 31.3 Å². The van der Waals surface area contributed by atoms with Gasteiger partial charge in [0.15, 0.2) is 0 Å². The van der Waals surface area contributed by atoms with E-state index < -0.39 is 0 Å². The second kappa shape index (κ2) is 40.4. The molecular weight excluding hydrogens is 220 g/mol. The van der Waals surface area contributed by atoms with E-state index >= 15 is 0 Å². The van der Waals surface area contributed by atoms with Crippen LogP contribution in [0.3, 0.4) is 0 Å².